The number of aromatic amines is 1. The van der Waals surface area contributed by atoms with Crippen LogP contribution in [0.5, 0.6) is 0 Å². The number of aryl methyl sites for hydroxylation is 1. The molecule has 0 bridgehead atoms. The van der Waals surface area contributed by atoms with E-state index in [4.69, 9.17) is 15.9 Å². The predicted octanol–water partition coefficient (Wildman–Crippen LogP) is 1.65. The summed E-state index contributed by atoms with van der Waals surface area (Å²) in [6.07, 6.45) is 8.35. The first-order valence-corrected chi connectivity index (χ1v) is 10.9. The summed E-state index contributed by atoms with van der Waals surface area (Å²) < 4.78 is 13.2. The van der Waals surface area contributed by atoms with E-state index in [1.807, 2.05) is 0 Å². The van der Waals surface area contributed by atoms with Crippen molar-refractivity contribution in [3.63, 3.8) is 0 Å². The van der Waals surface area contributed by atoms with Gasteiger partial charge < -0.3 is 14.6 Å². The Labute approximate surface area is 160 Å². The van der Waals surface area contributed by atoms with Crippen molar-refractivity contribution in [2.75, 3.05) is 18.3 Å². The maximum atomic E-state index is 12.1. The van der Waals surface area contributed by atoms with Gasteiger partial charge in [0.05, 0.1) is 12.2 Å². The van der Waals surface area contributed by atoms with Crippen LogP contribution in [0.3, 0.4) is 0 Å². The maximum absolute atomic E-state index is 12.1. The van der Waals surface area contributed by atoms with Crippen molar-refractivity contribution >= 4 is 21.6 Å². The molecule has 1 aromatic rings. The van der Waals surface area contributed by atoms with Crippen LogP contribution in [0.25, 0.3) is 0 Å². The fraction of sp³-hybridized carbons (Fsp3) is 0.647. The number of unbranched alkanes of at least 4 members (excludes halogenated alkanes) is 1. The van der Waals surface area contributed by atoms with Gasteiger partial charge in [-0.2, -0.15) is 0 Å². The molecule has 1 saturated heterocycles. The summed E-state index contributed by atoms with van der Waals surface area (Å²) >= 11 is 0. The molecule has 0 radical (unpaired) electrons. The van der Waals surface area contributed by atoms with E-state index in [-0.39, 0.29) is 18.8 Å². The van der Waals surface area contributed by atoms with E-state index in [0.717, 1.165) is 18.6 Å². The molecular formula is C17H24N2O5S2. The molecule has 1 aliphatic heterocycles. The second-order valence-electron chi connectivity index (χ2n) is 5.93. The predicted molar refractivity (Wildman–Crippen MR) is 104 cm³/mol. The first-order valence-electron chi connectivity index (χ1n) is 8.44. The van der Waals surface area contributed by atoms with Gasteiger partial charge in [0.25, 0.3) is 5.56 Å². The van der Waals surface area contributed by atoms with Gasteiger partial charge in [-0.05, 0) is 19.8 Å². The van der Waals surface area contributed by atoms with Gasteiger partial charge in [-0.25, -0.2) is 4.79 Å². The lowest BCUT2D eigenvalue weighted by Gasteiger charge is -2.17. The van der Waals surface area contributed by atoms with Crippen LogP contribution in [0.2, 0.25) is 0 Å². The zero-order valence-corrected chi connectivity index (χ0v) is 16.3. The van der Waals surface area contributed by atoms with Crippen molar-refractivity contribution in [3.8, 4) is 12.3 Å². The summed E-state index contributed by atoms with van der Waals surface area (Å²) in [6.45, 7) is 1.61. The van der Waals surface area contributed by atoms with Gasteiger partial charge in [0.15, 0.2) is 0 Å². The van der Waals surface area contributed by atoms with Gasteiger partial charge in [0.1, 0.15) is 12.2 Å². The van der Waals surface area contributed by atoms with Gasteiger partial charge in [-0.15, -0.1) is 12.3 Å². The fourth-order valence-corrected chi connectivity index (χ4v) is 4.43. The number of H-pyrrole nitrogens is 1. The van der Waals surface area contributed by atoms with Gasteiger partial charge >= 0.3 is 5.69 Å². The summed E-state index contributed by atoms with van der Waals surface area (Å²) in [5.41, 5.74) is -0.468. The third kappa shape index (κ3) is 5.93. The molecule has 7 nitrogen and oxygen atoms in total. The molecule has 1 aliphatic rings. The van der Waals surface area contributed by atoms with Gasteiger partial charge in [0, 0.05) is 37.0 Å². The molecule has 1 aromatic heterocycles. The summed E-state index contributed by atoms with van der Waals surface area (Å²) in [6, 6.07) is 0. The normalized spacial score (nSPS) is 22.4. The highest BCUT2D eigenvalue weighted by Crippen LogP contribution is 2.33. The van der Waals surface area contributed by atoms with Gasteiger partial charge in [0.2, 0.25) is 0 Å². The molecule has 0 spiro atoms. The van der Waals surface area contributed by atoms with E-state index in [1.54, 1.807) is 28.5 Å². The average Bonchev–Trinajstić information content (AvgIpc) is 3.00. The maximum Gasteiger partial charge on any atom is 0.330 e. The Bertz CT molecular complexity index is 727. The highest BCUT2D eigenvalue weighted by molar-refractivity contribution is 8.76. The lowest BCUT2D eigenvalue weighted by Crippen LogP contribution is -2.33. The highest BCUT2D eigenvalue weighted by Gasteiger charge is 2.37. The van der Waals surface area contributed by atoms with Gasteiger partial charge in [-0.3, -0.25) is 14.3 Å². The Morgan fingerprint density at radius 2 is 2.31 bits per heavy atom. The minimum absolute atomic E-state index is 0.0230. The molecule has 0 aliphatic carbocycles. The van der Waals surface area contributed by atoms with Crippen LogP contribution in [-0.2, 0) is 9.47 Å². The van der Waals surface area contributed by atoms with Crippen LogP contribution in [-0.4, -0.2) is 45.2 Å². The zero-order valence-electron chi connectivity index (χ0n) is 14.7. The number of hydrogen-bond donors (Lipinski definition) is 2. The standard InChI is InChI=1S/C17H24N2O5S2/c1-3-4-5-8-25-26-11-23-14-9-15(24-13(14)6-7-20)19-10-12(2)16(21)18-17(19)22/h1,10,13-15,20H,4-9,11H2,2H3,(H,18,21,22)/t13?,14-,15-/m1/s1. The fourth-order valence-electron chi connectivity index (χ4n) is 2.67. The molecule has 2 N–H and O–H groups in total. The first kappa shape index (κ1) is 21.1. The molecule has 9 heteroatoms. The number of ether oxygens (including phenoxy) is 2. The van der Waals surface area contributed by atoms with E-state index in [1.165, 1.54) is 10.8 Å². The van der Waals surface area contributed by atoms with Crippen LogP contribution < -0.4 is 11.2 Å². The number of aliphatic hydroxyl groups excluding tert-OH is 1. The minimum atomic E-state index is -0.520. The van der Waals surface area contributed by atoms with Gasteiger partial charge in [-0.1, -0.05) is 21.6 Å². The third-order valence-corrected chi connectivity index (χ3v) is 6.16. The Morgan fingerprint density at radius 3 is 3.04 bits per heavy atom. The summed E-state index contributed by atoms with van der Waals surface area (Å²) in [5.74, 6) is 4.07. The Balaban J connectivity index is 1.91. The lowest BCUT2D eigenvalue weighted by atomic mass is 10.1. The van der Waals surface area contributed by atoms with Crippen LogP contribution in [0, 0.1) is 19.3 Å². The minimum Gasteiger partial charge on any atom is -0.396 e. The number of nitrogens with one attached hydrogen (secondary N) is 1. The molecule has 3 atom stereocenters. The molecular weight excluding hydrogens is 376 g/mol. The Kier molecular flexibility index (Phi) is 8.81. The van der Waals surface area contributed by atoms with Crippen LogP contribution in [0.1, 0.15) is 37.5 Å². The molecule has 2 rings (SSSR count). The quantitative estimate of drug-likeness (QED) is 0.267. The van der Waals surface area contributed by atoms with Crippen LogP contribution >= 0.6 is 21.6 Å². The molecule has 1 unspecified atom stereocenters. The third-order valence-electron chi connectivity index (χ3n) is 4.01. The number of rotatable bonds is 10. The monoisotopic (exact) mass is 400 g/mol. The number of aliphatic hydroxyl groups is 1. The van der Waals surface area contributed by atoms with Crippen molar-refractivity contribution in [2.45, 2.75) is 51.0 Å². The van der Waals surface area contributed by atoms with E-state index >= 15 is 0 Å². The van der Waals surface area contributed by atoms with E-state index in [2.05, 4.69) is 10.9 Å². The molecule has 0 aromatic carbocycles. The number of aromatic nitrogens is 2. The summed E-state index contributed by atoms with van der Waals surface area (Å²) in [4.78, 5) is 25.9. The van der Waals surface area contributed by atoms with Crippen molar-refractivity contribution in [3.05, 3.63) is 32.6 Å². The van der Waals surface area contributed by atoms with E-state index in [0.29, 0.717) is 24.3 Å². The Morgan fingerprint density at radius 1 is 1.50 bits per heavy atom. The molecule has 1 fully saturated rings. The Hall–Kier alpha value is -1.18. The zero-order chi connectivity index (χ0) is 18.9. The van der Waals surface area contributed by atoms with Crippen LogP contribution in [0.15, 0.2) is 15.8 Å². The largest absolute Gasteiger partial charge is 0.396 e. The molecule has 144 valence electrons. The lowest BCUT2D eigenvalue weighted by molar-refractivity contribution is -0.0408. The summed E-state index contributed by atoms with van der Waals surface area (Å²) in [5, 5.41) is 9.25. The topological polar surface area (TPSA) is 93.6 Å². The first-order chi connectivity index (χ1) is 12.6. The van der Waals surface area contributed by atoms with Crippen molar-refractivity contribution < 1.29 is 14.6 Å². The number of nitrogens with zero attached hydrogens (tertiary/aromatic N) is 1. The van der Waals surface area contributed by atoms with Crippen molar-refractivity contribution in [1.29, 1.82) is 0 Å². The molecule has 2 heterocycles. The molecule has 26 heavy (non-hydrogen) atoms. The summed E-state index contributed by atoms with van der Waals surface area (Å²) in [7, 11) is 3.31. The average molecular weight is 401 g/mol. The van der Waals surface area contributed by atoms with Crippen LogP contribution in [0.4, 0.5) is 0 Å². The molecule has 0 amide bonds. The molecule has 0 saturated carbocycles. The second kappa shape index (κ2) is 10.8. The van der Waals surface area contributed by atoms with E-state index in [9.17, 15) is 14.7 Å². The number of terminal acetylenes is 1. The van der Waals surface area contributed by atoms with Crippen molar-refractivity contribution in [1.82, 2.24) is 9.55 Å². The SMILES string of the molecule is C#CCCCSSCO[C@@H]1C[C@H](n2cc(C)c(=O)[nH]c2=O)OC1CCO. The number of hydrogen-bond acceptors (Lipinski definition) is 7. The highest BCUT2D eigenvalue weighted by atomic mass is 33.1. The van der Waals surface area contributed by atoms with Crippen molar-refractivity contribution in [2.24, 2.45) is 0 Å². The second-order valence-corrected chi connectivity index (χ2v) is 8.46. The van der Waals surface area contributed by atoms with E-state index < -0.39 is 17.5 Å². The smallest absolute Gasteiger partial charge is 0.330 e.